The van der Waals surface area contributed by atoms with E-state index in [4.69, 9.17) is 0 Å². The summed E-state index contributed by atoms with van der Waals surface area (Å²) in [6, 6.07) is 2.30. The van der Waals surface area contributed by atoms with Crippen LogP contribution >= 0.6 is 0 Å². The molecular formula is C14H30N2. The van der Waals surface area contributed by atoms with Gasteiger partial charge in [-0.05, 0) is 52.1 Å². The first-order valence-corrected chi connectivity index (χ1v) is 6.99. The van der Waals surface area contributed by atoms with Crippen molar-refractivity contribution in [3.05, 3.63) is 0 Å². The fourth-order valence-corrected chi connectivity index (χ4v) is 3.01. The van der Waals surface area contributed by atoms with E-state index in [0.29, 0.717) is 0 Å². The molecule has 0 saturated heterocycles. The van der Waals surface area contributed by atoms with Crippen molar-refractivity contribution in [2.45, 2.75) is 71.5 Å². The lowest BCUT2D eigenvalue weighted by Crippen LogP contribution is -2.39. The molecule has 1 aliphatic rings. The second-order valence-electron chi connectivity index (χ2n) is 5.87. The van der Waals surface area contributed by atoms with Gasteiger partial charge in [-0.2, -0.15) is 0 Å². The van der Waals surface area contributed by atoms with Crippen molar-refractivity contribution in [3.8, 4) is 0 Å². The first kappa shape index (κ1) is 14.0. The summed E-state index contributed by atoms with van der Waals surface area (Å²) in [5.41, 5.74) is 0. The molecule has 1 fully saturated rings. The molecule has 0 bridgehead atoms. The van der Waals surface area contributed by atoms with Crippen LogP contribution in [0.5, 0.6) is 0 Å². The molecule has 0 amide bonds. The molecule has 1 aliphatic carbocycles. The minimum absolute atomic E-state index is 0.727. The van der Waals surface area contributed by atoms with E-state index in [1.165, 1.54) is 25.7 Å². The molecule has 16 heavy (non-hydrogen) atoms. The Kier molecular flexibility index (Phi) is 5.77. The molecule has 2 heteroatoms. The Morgan fingerprint density at radius 2 is 1.94 bits per heavy atom. The van der Waals surface area contributed by atoms with Crippen molar-refractivity contribution in [1.29, 1.82) is 0 Å². The SMILES string of the molecule is CCNC1CCC(N(C)C(C)CC(C)C)C1. The molecule has 1 saturated carbocycles. The van der Waals surface area contributed by atoms with Gasteiger partial charge in [-0.3, -0.25) is 0 Å². The number of nitrogens with zero attached hydrogens (tertiary/aromatic N) is 1. The third-order valence-electron chi connectivity index (χ3n) is 3.98. The molecule has 0 aromatic carbocycles. The average molecular weight is 226 g/mol. The van der Waals surface area contributed by atoms with Gasteiger partial charge in [-0.1, -0.05) is 20.8 Å². The first-order chi connectivity index (χ1) is 7.54. The Morgan fingerprint density at radius 1 is 1.25 bits per heavy atom. The molecule has 0 radical (unpaired) electrons. The van der Waals surface area contributed by atoms with Gasteiger partial charge in [0.25, 0.3) is 0 Å². The Balaban J connectivity index is 2.34. The van der Waals surface area contributed by atoms with Gasteiger partial charge in [0, 0.05) is 18.1 Å². The van der Waals surface area contributed by atoms with Gasteiger partial charge < -0.3 is 10.2 Å². The fraction of sp³-hybridized carbons (Fsp3) is 1.00. The van der Waals surface area contributed by atoms with E-state index in [2.05, 4.69) is 45.0 Å². The third-order valence-corrected chi connectivity index (χ3v) is 3.98. The molecule has 0 aromatic heterocycles. The van der Waals surface area contributed by atoms with Crippen LogP contribution in [0, 0.1) is 5.92 Å². The molecule has 0 aromatic rings. The number of hydrogen-bond acceptors (Lipinski definition) is 2. The zero-order chi connectivity index (χ0) is 12.1. The molecule has 3 atom stereocenters. The molecule has 1 N–H and O–H groups in total. The summed E-state index contributed by atoms with van der Waals surface area (Å²) in [4.78, 5) is 2.61. The summed E-state index contributed by atoms with van der Waals surface area (Å²) in [6.07, 6.45) is 5.39. The standard InChI is InChI=1S/C14H30N2/c1-6-15-13-7-8-14(10-13)16(5)12(4)9-11(2)3/h11-15H,6-10H2,1-5H3. The van der Waals surface area contributed by atoms with E-state index in [9.17, 15) is 0 Å². The lowest BCUT2D eigenvalue weighted by Gasteiger charge is -2.32. The monoisotopic (exact) mass is 226 g/mol. The van der Waals surface area contributed by atoms with Crippen molar-refractivity contribution in [1.82, 2.24) is 10.2 Å². The highest BCUT2D eigenvalue weighted by Gasteiger charge is 2.28. The van der Waals surface area contributed by atoms with Crippen molar-refractivity contribution in [2.75, 3.05) is 13.6 Å². The first-order valence-electron chi connectivity index (χ1n) is 6.99. The largest absolute Gasteiger partial charge is 0.314 e. The topological polar surface area (TPSA) is 15.3 Å². The van der Waals surface area contributed by atoms with Crippen LogP contribution in [-0.4, -0.2) is 36.6 Å². The normalized spacial score (nSPS) is 27.9. The minimum atomic E-state index is 0.727. The predicted molar refractivity (Wildman–Crippen MR) is 71.8 cm³/mol. The molecule has 96 valence electrons. The maximum atomic E-state index is 3.58. The molecule has 0 aliphatic heterocycles. The third kappa shape index (κ3) is 4.06. The van der Waals surface area contributed by atoms with Crippen LogP contribution in [-0.2, 0) is 0 Å². The second-order valence-corrected chi connectivity index (χ2v) is 5.87. The van der Waals surface area contributed by atoms with E-state index in [-0.39, 0.29) is 0 Å². The van der Waals surface area contributed by atoms with Crippen LogP contribution in [0.25, 0.3) is 0 Å². The smallest absolute Gasteiger partial charge is 0.0110 e. The number of rotatable bonds is 6. The number of nitrogens with one attached hydrogen (secondary N) is 1. The number of hydrogen-bond donors (Lipinski definition) is 1. The summed E-state index contributed by atoms with van der Waals surface area (Å²) >= 11 is 0. The van der Waals surface area contributed by atoms with Gasteiger partial charge in [0.05, 0.1) is 0 Å². The van der Waals surface area contributed by atoms with Crippen LogP contribution in [0.2, 0.25) is 0 Å². The van der Waals surface area contributed by atoms with Crippen molar-refractivity contribution in [3.63, 3.8) is 0 Å². The van der Waals surface area contributed by atoms with Crippen LogP contribution in [0.4, 0.5) is 0 Å². The fourth-order valence-electron chi connectivity index (χ4n) is 3.01. The second kappa shape index (κ2) is 6.61. The molecular weight excluding hydrogens is 196 g/mol. The minimum Gasteiger partial charge on any atom is -0.314 e. The predicted octanol–water partition coefficient (Wildman–Crippen LogP) is 2.88. The van der Waals surface area contributed by atoms with E-state index in [1.54, 1.807) is 0 Å². The Morgan fingerprint density at radius 3 is 2.50 bits per heavy atom. The van der Waals surface area contributed by atoms with E-state index < -0.39 is 0 Å². The quantitative estimate of drug-likeness (QED) is 0.749. The maximum Gasteiger partial charge on any atom is 0.0110 e. The van der Waals surface area contributed by atoms with Crippen LogP contribution in [0.1, 0.15) is 53.4 Å². The van der Waals surface area contributed by atoms with E-state index in [1.807, 2.05) is 0 Å². The summed E-state index contributed by atoms with van der Waals surface area (Å²) < 4.78 is 0. The van der Waals surface area contributed by atoms with Crippen molar-refractivity contribution >= 4 is 0 Å². The van der Waals surface area contributed by atoms with Crippen molar-refractivity contribution < 1.29 is 0 Å². The molecule has 0 spiro atoms. The lowest BCUT2D eigenvalue weighted by molar-refractivity contribution is 0.165. The highest BCUT2D eigenvalue weighted by Crippen LogP contribution is 2.26. The molecule has 0 heterocycles. The van der Waals surface area contributed by atoms with Gasteiger partial charge in [-0.15, -0.1) is 0 Å². The highest BCUT2D eigenvalue weighted by atomic mass is 15.2. The van der Waals surface area contributed by atoms with E-state index in [0.717, 1.165) is 30.6 Å². The Labute approximate surface area is 102 Å². The Hall–Kier alpha value is -0.0800. The van der Waals surface area contributed by atoms with Gasteiger partial charge in [-0.25, -0.2) is 0 Å². The Bertz CT molecular complexity index is 191. The molecule has 1 rings (SSSR count). The van der Waals surface area contributed by atoms with Crippen LogP contribution in [0.3, 0.4) is 0 Å². The average Bonchev–Trinajstić information content (AvgIpc) is 2.64. The maximum absolute atomic E-state index is 3.58. The van der Waals surface area contributed by atoms with E-state index >= 15 is 0 Å². The van der Waals surface area contributed by atoms with Crippen molar-refractivity contribution in [2.24, 2.45) is 5.92 Å². The molecule has 3 unspecified atom stereocenters. The lowest BCUT2D eigenvalue weighted by atomic mass is 10.0. The van der Waals surface area contributed by atoms with Gasteiger partial charge in [0.1, 0.15) is 0 Å². The summed E-state index contributed by atoms with van der Waals surface area (Å²) in [5.74, 6) is 0.809. The molecule has 2 nitrogen and oxygen atoms in total. The zero-order valence-corrected chi connectivity index (χ0v) is 11.8. The zero-order valence-electron chi connectivity index (χ0n) is 11.8. The summed E-state index contributed by atoms with van der Waals surface area (Å²) in [5, 5.41) is 3.58. The highest BCUT2D eigenvalue weighted by molar-refractivity contribution is 4.87. The van der Waals surface area contributed by atoms with Gasteiger partial charge >= 0.3 is 0 Å². The van der Waals surface area contributed by atoms with Gasteiger partial charge in [0.2, 0.25) is 0 Å². The van der Waals surface area contributed by atoms with Crippen LogP contribution in [0.15, 0.2) is 0 Å². The van der Waals surface area contributed by atoms with Gasteiger partial charge in [0.15, 0.2) is 0 Å². The summed E-state index contributed by atoms with van der Waals surface area (Å²) in [6.45, 7) is 10.3. The van der Waals surface area contributed by atoms with Crippen LogP contribution < -0.4 is 5.32 Å². The summed E-state index contributed by atoms with van der Waals surface area (Å²) in [7, 11) is 2.31.